The molecule has 0 bridgehead atoms. The highest BCUT2D eigenvalue weighted by molar-refractivity contribution is 5.52. The molecule has 1 N–H and O–H groups in total. The van der Waals surface area contributed by atoms with Crippen molar-refractivity contribution in [1.82, 2.24) is 15.5 Å². The zero-order valence-electron chi connectivity index (χ0n) is 9.91. The van der Waals surface area contributed by atoms with Crippen LogP contribution in [0.4, 0.5) is 8.78 Å². The van der Waals surface area contributed by atoms with Crippen molar-refractivity contribution >= 4 is 0 Å². The van der Waals surface area contributed by atoms with E-state index in [9.17, 15) is 8.78 Å². The van der Waals surface area contributed by atoms with E-state index < -0.39 is 11.6 Å². The number of hydrogen-bond donors (Lipinski definition) is 1. The number of likely N-dealkylation sites (N-methyl/N-ethyl adjacent to an activating group) is 1. The lowest BCUT2D eigenvalue weighted by Gasteiger charge is -1.96. The van der Waals surface area contributed by atoms with Gasteiger partial charge in [-0.3, -0.25) is 0 Å². The van der Waals surface area contributed by atoms with E-state index in [1.165, 1.54) is 6.07 Å². The molecule has 0 amide bonds. The summed E-state index contributed by atoms with van der Waals surface area (Å²) in [6.45, 7) is 3.62. The van der Waals surface area contributed by atoms with Crippen LogP contribution in [0.1, 0.15) is 12.7 Å². The molecule has 0 radical (unpaired) electrons. The van der Waals surface area contributed by atoms with Gasteiger partial charge in [0.2, 0.25) is 0 Å². The van der Waals surface area contributed by atoms with E-state index in [-0.39, 0.29) is 5.89 Å². The van der Waals surface area contributed by atoms with E-state index in [1.54, 1.807) is 0 Å². The lowest BCUT2D eigenvalue weighted by Crippen LogP contribution is -2.16. The topological polar surface area (TPSA) is 51.0 Å². The third kappa shape index (κ3) is 2.89. The second kappa shape index (κ2) is 5.68. The first-order valence-corrected chi connectivity index (χ1v) is 5.69. The largest absolute Gasteiger partial charge is 0.334 e. The first-order chi connectivity index (χ1) is 8.70. The molecule has 0 aliphatic rings. The number of nitrogens with zero attached hydrogens (tertiary/aromatic N) is 2. The lowest BCUT2D eigenvalue weighted by atomic mass is 10.2. The Morgan fingerprint density at radius 2 is 2.11 bits per heavy atom. The van der Waals surface area contributed by atoms with Gasteiger partial charge in [0.1, 0.15) is 0 Å². The first kappa shape index (κ1) is 12.6. The Kier molecular flexibility index (Phi) is 3.99. The average Bonchev–Trinajstić information content (AvgIpc) is 2.82. The fourth-order valence-electron chi connectivity index (χ4n) is 1.48. The van der Waals surface area contributed by atoms with Gasteiger partial charge in [-0.2, -0.15) is 4.98 Å². The Labute approximate surface area is 103 Å². The molecular weight excluding hydrogens is 240 g/mol. The molecule has 6 heteroatoms. The Hall–Kier alpha value is -1.82. The van der Waals surface area contributed by atoms with Crippen LogP contribution in [0, 0.1) is 11.6 Å². The van der Waals surface area contributed by atoms with Crippen LogP contribution in [0.2, 0.25) is 0 Å². The van der Waals surface area contributed by atoms with Gasteiger partial charge in [0, 0.05) is 18.5 Å². The SMILES string of the molecule is CCNCCc1noc(-c2ccc(F)c(F)c2)n1. The summed E-state index contributed by atoms with van der Waals surface area (Å²) in [4.78, 5) is 4.12. The molecular formula is C12H13F2N3O. The van der Waals surface area contributed by atoms with Gasteiger partial charge < -0.3 is 9.84 Å². The molecule has 96 valence electrons. The molecule has 1 aromatic carbocycles. The van der Waals surface area contributed by atoms with Crippen LogP contribution in [0.3, 0.4) is 0 Å². The normalized spacial score (nSPS) is 10.8. The van der Waals surface area contributed by atoms with E-state index in [0.717, 1.165) is 25.2 Å². The summed E-state index contributed by atoms with van der Waals surface area (Å²) < 4.78 is 30.8. The average molecular weight is 253 g/mol. The summed E-state index contributed by atoms with van der Waals surface area (Å²) in [6.07, 6.45) is 0.626. The van der Waals surface area contributed by atoms with E-state index in [2.05, 4.69) is 15.5 Å². The standard InChI is InChI=1S/C12H13F2N3O/c1-2-15-6-5-11-16-12(18-17-11)8-3-4-9(13)10(14)7-8/h3-4,7,15H,2,5-6H2,1H3. The second-order valence-electron chi connectivity index (χ2n) is 3.75. The van der Waals surface area contributed by atoms with E-state index in [0.29, 0.717) is 17.8 Å². The molecule has 0 fully saturated rings. The number of rotatable bonds is 5. The molecule has 1 heterocycles. The van der Waals surface area contributed by atoms with Crippen molar-refractivity contribution in [2.75, 3.05) is 13.1 Å². The predicted molar refractivity (Wildman–Crippen MR) is 61.9 cm³/mol. The van der Waals surface area contributed by atoms with Gasteiger partial charge in [0.25, 0.3) is 5.89 Å². The summed E-state index contributed by atoms with van der Waals surface area (Å²) in [7, 11) is 0. The second-order valence-corrected chi connectivity index (χ2v) is 3.75. The van der Waals surface area contributed by atoms with Crippen LogP contribution in [-0.2, 0) is 6.42 Å². The number of hydrogen-bond acceptors (Lipinski definition) is 4. The van der Waals surface area contributed by atoms with Gasteiger partial charge in [-0.05, 0) is 24.7 Å². The lowest BCUT2D eigenvalue weighted by molar-refractivity contribution is 0.421. The summed E-state index contributed by atoms with van der Waals surface area (Å²) in [5, 5.41) is 6.91. The molecule has 0 aliphatic heterocycles. The maximum Gasteiger partial charge on any atom is 0.258 e. The molecule has 2 rings (SSSR count). The van der Waals surface area contributed by atoms with Crippen LogP contribution in [-0.4, -0.2) is 23.2 Å². The maximum absolute atomic E-state index is 13.0. The Morgan fingerprint density at radius 3 is 2.83 bits per heavy atom. The Morgan fingerprint density at radius 1 is 1.28 bits per heavy atom. The highest BCUT2D eigenvalue weighted by Gasteiger charge is 2.11. The van der Waals surface area contributed by atoms with Gasteiger partial charge in [-0.25, -0.2) is 8.78 Å². The van der Waals surface area contributed by atoms with Gasteiger partial charge in [0.15, 0.2) is 17.5 Å². The number of benzene rings is 1. The van der Waals surface area contributed by atoms with Crippen molar-refractivity contribution in [2.45, 2.75) is 13.3 Å². The zero-order valence-corrected chi connectivity index (χ0v) is 9.91. The van der Waals surface area contributed by atoms with Crippen molar-refractivity contribution in [2.24, 2.45) is 0 Å². The molecule has 1 aromatic heterocycles. The van der Waals surface area contributed by atoms with Crippen LogP contribution in [0.15, 0.2) is 22.7 Å². The zero-order chi connectivity index (χ0) is 13.0. The minimum absolute atomic E-state index is 0.195. The number of halogens is 2. The minimum atomic E-state index is -0.931. The monoisotopic (exact) mass is 253 g/mol. The van der Waals surface area contributed by atoms with Gasteiger partial charge in [-0.1, -0.05) is 12.1 Å². The van der Waals surface area contributed by atoms with E-state index in [4.69, 9.17) is 4.52 Å². The molecule has 0 unspecified atom stereocenters. The third-order valence-corrected chi connectivity index (χ3v) is 2.41. The fourth-order valence-corrected chi connectivity index (χ4v) is 1.48. The molecule has 0 saturated heterocycles. The predicted octanol–water partition coefficient (Wildman–Crippen LogP) is 2.17. The van der Waals surface area contributed by atoms with Gasteiger partial charge >= 0.3 is 0 Å². The maximum atomic E-state index is 13.0. The summed E-state index contributed by atoms with van der Waals surface area (Å²) in [6, 6.07) is 3.48. The van der Waals surface area contributed by atoms with Crippen molar-refractivity contribution in [3.8, 4) is 11.5 Å². The van der Waals surface area contributed by atoms with Crippen molar-refractivity contribution < 1.29 is 13.3 Å². The van der Waals surface area contributed by atoms with Crippen LogP contribution in [0.25, 0.3) is 11.5 Å². The Bertz CT molecular complexity index is 528. The summed E-state index contributed by atoms with van der Waals surface area (Å²) in [5.41, 5.74) is 0.371. The van der Waals surface area contributed by atoms with Crippen molar-refractivity contribution in [3.05, 3.63) is 35.7 Å². The molecule has 4 nitrogen and oxygen atoms in total. The number of aromatic nitrogens is 2. The fraction of sp³-hybridized carbons (Fsp3) is 0.333. The van der Waals surface area contributed by atoms with Crippen LogP contribution >= 0.6 is 0 Å². The van der Waals surface area contributed by atoms with Gasteiger partial charge in [-0.15, -0.1) is 0 Å². The quantitative estimate of drug-likeness (QED) is 0.830. The van der Waals surface area contributed by atoms with E-state index >= 15 is 0 Å². The molecule has 0 saturated carbocycles. The summed E-state index contributed by atoms with van der Waals surface area (Å²) in [5.74, 6) is -1.10. The highest BCUT2D eigenvalue weighted by atomic mass is 19.2. The Balaban J connectivity index is 2.11. The minimum Gasteiger partial charge on any atom is -0.334 e. The molecule has 0 spiro atoms. The molecule has 0 aliphatic carbocycles. The van der Waals surface area contributed by atoms with Crippen molar-refractivity contribution in [1.29, 1.82) is 0 Å². The van der Waals surface area contributed by atoms with Crippen molar-refractivity contribution in [3.63, 3.8) is 0 Å². The highest BCUT2D eigenvalue weighted by Crippen LogP contribution is 2.19. The third-order valence-electron chi connectivity index (χ3n) is 2.41. The van der Waals surface area contributed by atoms with E-state index in [1.807, 2.05) is 6.92 Å². The molecule has 18 heavy (non-hydrogen) atoms. The molecule has 0 atom stereocenters. The number of nitrogens with one attached hydrogen (secondary N) is 1. The van der Waals surface area contributed by atoms with Crippen LogP contribution in [0.5, 0.6) is 0 Å². The molecule has 2 aromatic rings. The first-order valence-electron chi connectivity index (χ1n) is 5.69. The smallest absolute Gasteiger partial charge is 0.258 e. The van der Waals surface area contributed by atoms with Crippen LogP contribution < -0.4 is 5.32 Å². The summed E-state index contributed by atoms with van der Waals surface area (Å²) >= 11 is 0. The van der Waals surface area contributed by atoms with Gasteiger partial charge in [0.05, 0.1) is 0 Å².